The van der Waals surface area contributed by atoms with Crippen molar-refractivity contribution in [2.45, 2.75) is 52.7 Å². The lowest BCUT2D eigenvalue weighted by Gasteiger charge is -2.26. The molecule has 0 aliphatic carbocycles. The molecule has 0 aliphatic heterocycles. The molecule has 2 amide bonds. The number of nitriles is 2. The number of hydrogen-bond acceptors (Lipinski definition) is 6. The Morgan fingerprint density at radius 3 is 1.59 bits per heavy atom. The van der Waals surface area contributed by atoms with Gasteiger partial charge in [-0.1, -0.05) is 80.6 Å². The Kier molecular flexibility index (Phi) is 13.4. The van der Waals surface area contributed by atoms with Crippen molar-refractivity contribution in [3.8, 4) is 12.1 Å². The molecule has 0 saturated heterocycles. The molecule has 0 fully saturated rings. The van der Waals surface area contributed by atoms with E-state index in [1.54, 1.807) is 44.6 Å². The predicted octanol–water partition coefficient (Wildman–Crippen LogP) is 8.47. The third kappa shape index (κ3) is 9.93. The number of aliphatic carboxylic acids is 2. The lowest BCUT2D eigenvalue weighted by Crippen LogP contribution is -2.37. The summed E-state index contributed by atoms with van der Waals surface area (Å²) in [6, 6.07) is 35.1. The smallest absolute Gasteiger partial charge is 0.323 e. The van der Waals surface area contributed by atoms with E-state index >= 15 is 0 Å². The maximum Gasteiger partial charge on any atom is 0.323 e. The van der Waals surface area contributed by atoms with Crippen molar-refractivity contribution in [2.24, 2.45) is 0 Å². The van der Waals surface area contributed by atoms with E-state index in [0.29, 0.717) is 28.4 Å². The third-order valence-electron chi connectivity index (χ3n) is 9.17. The van der Waals surface area contributed by atoms with Gasteiger partial charge >= 0.3 is 11.9 Å². The fourth-order valence-corrected chi connectivity index (χ4v) is 6.45. The van der Waals surface area contributed by atoms with Gasteiger partial charge in [0.2, 0.25) is 0 Å². The molecule has 0 unspecified atom stereocenters. The Bertz CT molecular complexity index is 2620. The number of benzene rings is 4. The van der Waals surface area contributed by atoms with Crippen molar-refractivity contribution >= 4 is 69.1 Å². The highest BCUT2D eigenvalue weighted by Crippen LogP contribution is 2.27. The molecule has 3 N–H and O–H groups in total. The predicted molar refractivity (Wildman–Crippen MR) is 225 cm³/mol. The summed E-state index contributed by atoms with van der Waals surface area (Å²) < 4.78 is 3.18. The summed E-state index contributed by atoms with van der Waals surface area (Å²) in [5, 5.41) is 41.8. The van der Waals surface area contributed by atoms with Crippen molar-refractivity contribution in [1.82, 2.24) is 9.13 Å². The quantitative estimate of drug-likeness (QED) is 0.0818. The Labute approximate surface area is 335 Å². The monoisotopic (exact) mass is 774 g/mol. The second kappa shape index (κ2) is 18.8. The van der Waals surface area contributed by atoms with Gasteiger partial charge in [-0.3, -0.25) is 19.2 Å². The zero-order valence-corrected chi connectivity index (χ0v) is 32.5. The molecule has 12 heteroatoms. The summed E-state index contributed by atoms with van der Waals surface area (Å²) in [5.74, 6) is -2.46. The summed E-state index contributed by atoms with van der Waals surface area (Å²) in [5.41, 5.74) is 5.10. The van der Waals surface area contributed by atoms with Crippen LogP contribution in [0.1, 0.15) is 50.3 Å². The SMILES string of the molecule is CC(C)N(C(=O)C(C#N)=Cc1cn(CC(=O)O)c2ccccc12)c1ccccc1.CC(C)c1ccc(NC(=O)C(C#N)=Cc2cn(CC(=O)O)c3ccccc23)cc1. The van der Waals surface area contributed by atoms with Gasteiger partial charge in [-0.2, -0.15) is 10.5 Å². The molecule has 0 saturated carbocycles. The van der Waals surface area contributed by atoms with Gasteiger partial charge in [-0.05, 0) is 73.9 Å². The molecule has 0 radical (unpaired) electrons. The number of aromatic nitrogens is 2. The van der Waals surface area contributed by atoms with E-state index in [2.05, 4.69) is 19.2 Å². The summed E-state index contributed by atoms with van der Waals surface area (Å²) in [7, 11) is 0. The van der Waals surface area contributed by atoms with Crippen molar-refractivity contribution < 1.29 is 29.4 Å². The van der Waals surface area contributed by atoms with E-state index in [-0.39, 0.29) is 30.3 Å². The molecule has 292 valence electrons. The lowest BCUT2D eigenvalue weighted by molar-refractivity contribution is -0.138. The van der Waals surface area contributed by atoms with Gasteiger partial charge in [-0.25, -0.2) is 0 Å². The van der Waals surface area contributed by atoms with Crippen LogP contribution in [0.25, 0.3) is 34.0 Å². The van der Waals surface area contributed by atoms with Gasteiger partial charge in [0.25, 0.3) is 11.8 Å². The number of carbonyl (C=O) groups excluding carboxylic acids is 2. The molecule has 4 aromatic carbocycles. The highest BCUT2D eigenvalue weighted by molar-refractivity contribution is 6.13. The summed E-state index contributed by atoms with van der Waals surface area (Å²) >= 11 is 0. The van der Waals surface area contributed by atoms with Crippen molar-refractivity contribution in [1.29, 1.82) is 10.5 Å². The zero-order chi connectivity index (χ0) is 41.9. The number of carboxylic acid groups (broad SMARTS) is 2. The highest BCUT2D eigenvalue weighted by Gasteiger charge is 2.23. The molecular formula is C46H42N6O6. The average Bonchev–Trinajstić information content (AvgIpc) is 3.72. The number of rotatable bonds is 12. The highest BCUT2D eigenvalue weighted by atomic mass is 16.4. The first-order chi connectivity index (χ1) is 27.8. The minimum Gasteiger partial charge on any atom is -0.480 e. The van der Waals surface area contributed by atoms with Gasteiger partial charge in [0, 0.05) is 62.7 Å². The molecule has 0 atom stereocenters. The number of amides is 2. The van der Waals surface area contributed by atoms with Crippen LogP contribution >= 0.6 is 0 Å². The molecule has 2 heterocycles. The number of fused-ring (bicyclic) bond motifs is 2. The van der Waals surface area contributed by atoms with Crippen LogP contribution in [0.15, 0.2) is 127 Å². The number of carbonyl (C=O) groups is 4. The minimum absolute atomic E-state index is 0.0132. The van der Waals surface area contributed by atoms with Crippen molar-refractivity contribution in [3.05, 3.63) is 143 Å². The van der Waals surface area contributed by atoms with Gasteiger partial charge in [-0.15, -0.1) is 0 Å². The van der Waals surface area contributed by atoms with Crippen LogP contribution in [0, 0.1) is 22.7 Å². The number of nitrogens with zero attached hydrogens (tertiary/aromatic N) is 5. The van der Waals surface area contributed by atoms with Crippen molar-refractivity contribution in [2.75, 3.05) is 10.2 Å². The van der Waals surface area contributed by atoms with Crippen LogP contribution in [0.5, 0.6) is 0 Å². The molecule has 6 aromatic rings. The zero-order valence-electron chi connectivity index (χ0n) is 32.5. The average molecular weight is 775 g/mol. The fourth-order valence-electron chi connectivity index (χ4n) is 6.45. The normalized spacial score (nSPS) is 11.4. The Hall–Kier alpha value is -7.70. The number of anilines is 2. The van der Waals surface area contributed by atoms with E-state index in [0.717, 1.165) is 27.4 Å². The Balaban J connectivity index is 0.000000221. The standard InChI is InChI=1S/2C23H21N3O3/c1-16(2)26(19-8-4-3-5-9-19)23(29)17(13-24)12-18-14-25(15-22(27)28)21-11-7-6-10-20(18)21;1-15(2)16-7-9-19(10-8-16)25-23(29)17(12-24)11-18-13-26(14-22(27)28)21-6-4-3-5-20(18)21/h3-12,14,16H,15H2,1-2H3,(H,27,28);3-11,13,15H,14H2,1-2H3,(H,25,29)(H,27,28). The van der Waals surface area contributed by atoms with Gasteiger partial charge in [0.1, 0.15) is 36.4 Å². The first-order valence-electron chi connectivity index (χ1n) is 18.4. The van der Waals surface area contributed by atoms with Gasteiger partial charge < -0.3 is 29.6 Å². The van der Waals surface area contributed by atoms with Crippen LogP contribution in [0.4, 0.5) is 11.4 Å². The van der Waals surface area contributed by atoms with Crippen molar-refractivity contribution in [3.63, 3.8) is 0 Å². The fraction of sp³-hybridized carbons (Fsp3) is 0.174. The third-order valence-corrected chi connectivity index (χ3v) is 9.17. The van der Waals surface area contributed by atoms with E-state index in [4.69, 9.17) is 10.2 Å². The molecule has 6 rings (SSSR count). The van der Waals surface area contributed by atoms with E-state index in [1.165, 1.54) is 12.2 Å². The second-order valence-electron chi connectivity index (χ2n) is 13.9. The van der Waals surface area contributed by atoms with Crippen LogP contribution < -0.4 is 10.2 Å². The van der Waals surface area contributed by atoms with Crippen LogP contribution in [0.2, 0.25) is 0 Å². The number of nitrogens with one attached hydrogen (secondary N) is 1. The first kappa shape index (κ1) is 41.5. The Morgan fingerprint density at radius 1 is 0.672 bits per heavy atom. The molecule has 12 nitrogen and oxygen atoms in total. The lowest BCUT2D eigenvalue weighted by atomic mass is 10.0. The number of carboxylic acids is 2. The Morgan fingerprint density at radius 2 is 1.14 bits per heavy atom. The van der Waals surface area contributed by atoms with Crippen LogP contribution in [-0.2, 0) is 32.3 Å². The number of hydrogen-bond donors (Lipinski definition) is 3. The molecule has 2 aromatic heterocycles. The van der Waals surface area contributed by atoms with E-state index in [9.17, 15) is 29.7 Å². The summed E-state index contributed by atoms with van der Waals surface area (Å²) in [4.78, 5) is 49.6. The summed E-state index contributed by atoms with van der Waals surface area (Å²) in [6.07, 6.45) is 6.31. The molecule has 0 bridgehead atoms. The van der Waals surface area contributed by atoms with Crippen LogP contribution in [0.3, 0.4) is 0 Å². The van der Waals surface area contributed by atoms with Gasteiger partial charge in [0.05, 0.1) is 0 Å². The first-order valence-corrected chi connectivity index (χ1v) is 18.4. The maximum atomic E-state index is 13.2. The number of para-hydroxylation sites is 3. The van der Waals surface area contributed by atoms with E-state index < -0.39 is 23.8 Å². The minimum atomic E-state index is -0.968. The van der Waals surface area contributed by atoms with Crippen LogP contribution in [-0.4, -0.2) is 49.1 Å². The maximum absolute atomic E-state index is 13.2. The second-order valence-corrected chi connectivity index (χ2v) is 13.9. The molecular weight excluding hydrogens is 733 g/mol. The summed E-state index contributed by atoms with van der Waals surface area (Å²) in [6.45, 7) is 7.55. The topological polar surface area (TPSA) is 181 Å². The van der Waals surface area contributed by atoms with Gasteiger partial charge in [0.15, 0.2) is 0 Å². The molecule has 0 aliphatic rings. The largest absolute Gasteiger partial charge is 0.480 e. The van der Waals surface area contributed by atoms with E-state index in [1.807, 2.05) is 111 Å². The molecule has 0 spiro atoms. The molecule has 58 heavy (non-hydrogen) atoms.